The fourth-order valence-corrected chi connectivity index (χ4v) is 5.17. The Labute approximate surface area is 150 Å². The number of rotatable bonds is 5. The lowest BCUT2D eigenvalue weighted by molar-refractivity contribution is -0.105. The predicted molar refractivity (Wildman–Crippen MR) is 97.0 cm³/mol. The zero-order chi connectivity index (χ0) is 18.2. The van der Waals surface area contributed by atoms with Crippen molar-refractivity contribution in [3.8, 4) is 0 Å². The molecule has 1 fully saturated rings. The Morgan fingerprint density at radius 2 is 2.08 bits per heavy atom. The highest BCUT2D eigenvalue weighted by atomic mass is 16.5. The summed E-state index contributed by atoms with van der Waals surface area (Å²) in [6, 6.07) is 0. The Morgan fingerprint density at radius 3 is 2.68 bits per heavy atom. The van der Waals surface area contributed by atoms with Gasteiger partial charge in [0.15, 0.2) is 0 Å². The van der Waals surface area contributed by atoms with Crippen molar-refractivity contribution < 1.29 is 19.7 Å². The van der Waals surface area contributed by atoms with Gasteiger partial charge in [-0.05, 0) is 42.4 Å². The van der Waals surface area contributed by atoms with Crippen LogP contribution in [0.15, 0.2) is 34.4 Å². The lowest BCUT2D eigenvalue weighted by Crippen LogP contribution is -2.44. The van der Waals surface area contributed by atoms with Crippen molar-refractivity contribution in [3.05, 3.63) is 34.4 Å². The molecule has 3 aliphatic carbocycles. The molecule has 0 aromatic heterocycles. The number of carbonyl (C=O) groups excluding carboxylic acids is 1. The second-order valence-corrected chi connectivity index (χ2v) is 8.21. The van der Waals surface area contributed by atoms with Crippen LogP contribution in [0.25, 0.3) is 0 Å². The van der Waals surface area contributed by atoms with Crippen molar-refractivity contribution in [2.24, 2.45) is 16.7 Å². The first-order valence-electron chi connectivity index (χ1n) is 9.30. The third kappa shape index (κ3) is 2.75. The van der Waals surface area contributed by atoms with Crippen LogP contribution >= 0.6 is 0 Å². The third-order valence-electron chi connectivity index (χ3n) is 6.93. The first-order chi connectivity index (χ1) is 12.0. The van der Waals surface area contributed by atoms with Gasteiger partial charge in [0, 0.05) is 36.9 Å². The van der Waals surface area contributed by atoms with Gasteiger partial charge in [-0.2, -0.15) is 0 Å². The van der Waals surface area contributed by atoms with E-state index in [1.807, 2.05) is 6.08 Å². The zero-order valence-electron chi connectivity index (χ0n) is 15.5. The number of hydrogen-bond donors (Lipinski definition) is 2. The molecule has 4 unspecified atom stereocenters. The molecule has 0 aromatic rings. The molecule has 0 radical (unpaired) electrons. The molecule has 1 saturated carbocycles. The van der Waals surface area contributed by atoms with Crippen molar-refractivity contribution in [2.45, 2.75) is 52.1 Å². The Morgan fingerprint density at radius 1 is 1.32 bits per heavy atom. The molecular formula is C21H30O4. The summed E-state index contributed by atoms with van der Waals surface area (Å²) >= 11 is 0. The smallest absolute Gasteiger partial charge is 0.146 e. The number of methoxy groups -OCH3 is 1. The van der Waals surface area contributed by atoms with Crippen molar-refractivity contribution in [3.63, 3.8) is 0 Å². The average Bonchev–Trinajstić information content (AvgIpc) is 2.95. The van der Waals surface area contributed by atoms with Crippen molar-refractivity contribution in [1.29, 1.82) is 0 Å². The summed E-state index contributed by atoms with van der Waals surface area (Å²) in [7, 11) is 1.72. The largest absolute Gasteiger partial charge is 0.396 e. The molecule has 2 N–H and O–H groups in total. The molecule has 3 rings (SSSR count). The highest BCUT2D eigenvalue weighted by molar-refractivity contribution is 5.74. The van der Waals surface area contributed by atoms with Crippen molar-refractivity contribution >= 4 is 6.29 Å². The number of allylic oxidation sites excluding steroid dienone is 2. The van der Waals surface area contributed by atoms with E-state index in [-0.39, 0.29) is 36.1 Å². The van der Waals surface area contributed by atoms with Crippen LogP contribution in [0.1, 0.15) is 46.0 Å². The SMILES string of the molecule is COC1CC(C=O)=CC=C2C3=C(C(C)CO)CCC3(CO)CCC21C. The highest BCUT2D eigenvalue weighted by Gasteiger charge is 2.53. The van der Waals surface area contributed by atoms with Crippen LogP contribution < -0.4 is 0 Å². The maximum Gasteiger partial charge on any atom is 0.146 e. The van der Waals surface area contributed by atoms with Gasteiger partial charge in [0.05, 0.1) is 12.7 Å². The van der Waals surface area contributed by atoms with Crippen LogP contribution in [-0.2, 0) is 9.53 Å². The summed E-state index contributed by atoms with van der Waals surface area (Å²) in [6.07, 6.45) is 9.18. The molecule has 3 aliphatic rings. The highest BCUT2D eigenvalue weighted by Crippen LogP contribution is 2.62. The van der Waals surface area contributed by atoms with Gasteiger partial charge in [0.25, 0.3) is 0 Å². The van der Waals surface area contributed by atoms with Gasteiger partial charge in [0.2, 0.25) is 0 Å². The third-order valence-corrected chi connectivity index (χ3v) is 6.93. The van der Waals surface area contributed by atoms with Crippen LogP contribution in [-0.4, -0.2) is 42.9 Å². The van der Waals surface area contributed by atoms with Gasteiger partial charge >= 0.3 is 0 Å². The minimum Gasteiger partial charge on any atom is -0.396 e. The van der Waals surface area contributed by atoms with E-state index >= 15 is 0 Å². The molecule has 4 heteroatoms. The fourth-order valence-electron chi connectivity index (χ4n) is 5.17. The lowest BCUT2D eigenvalue weighted by atomic mass is 9.57. The molecule has 4 nitrogen and oxygen atoms in total. The normalized spacial score (nSPS) is 36.1. The van der Waals surface area contributed by atoms with E-state index in [1.165, 1.54) is 16.7 Å². The molecular weight excluding hydrogens is 316 g/mol. The minimum atomic E-state index is -0.206. The van der Waals surface area contributed by atoms with E-state index in [9.17, 15) is 15.0 Å². The fraction of sp³-hybridized carbons (Fsp3) is 0.667. The quantitative estimate of drug-likeness (QED) is 0.751. The summed E-state index contributed by atoms with van der Waals surface area (Å²) in [5.41, 5.74) is 4.06. The van der Waals surface area contributed by atoms with E-state index in [1.54, 1.807) is 7.11 Å². The number of hydrogen-bond acceptors (Lipinski definition) is 4. The van der Waals surface area contributed by atoms with Crippen molar-refractivity contribution in [2.75, 3.05) is 20.3 Å². The summed E-state index contributed by atoms with van der Waals surface area (Å²) < 4.78 is 5.84. The maximum absolute atomic E-state index is 11.4. The topological polar surface area (TPSA) is 66.8 Å². The molecule has 25 heavy (non-hydrogen) atoms. The van der Waals surface area contributed by atoms with E-state index < -0.39 is 0 Å². The molecule has 0 bridgehead atoms. The molecule has 0 aliphatic heterocycles. The molecule has 138 valence electrons. The van der Waals surface area contributed by atoms with Crippen LogP contribution in [0.5, 0.6) is 0 Å². The second kappa shape index (κ2) is 6.82. The van der Waals surface area contributed by atoms with E-state index in [4.69, 9.17) is 4.74 Å². The van der Waals surface area contributed by atoms with Crippen LogP contribution in [0.2, 0.25) is 0 Å². The average molecular weight is 346 g/mol. The summed E-state index contributed by atoms with van der Waals surface area (Å²) in [5, 5.41) is 20.0. The first-order valence-corrected chi connectivity index (χ1v) is 9.30. The molecule has 0 saturated heterocycles. The van der Waals surface area contributed by atoms with Crippen molar-refractivity contribution in [1.82, 2.24) is 0 Å². The standard InChI is InChI=1S/C21H30O4/c1-14(11-22)16-6-7-21(13-24)9-8-20(2)17(19(16)21)5-4-15(12-23)10-18(20)25-3/h4-5,12,14,18,22,24H,6-11,13H2,1-3H3. The summed E-state index contributed by atoms with van der Waals surface area (Å²) in [5.74, 6) is 0.0884. The van der Waals surface area contributed by atoms with Crippen LogP contribution in [0.4, 0.5) is 0 Å². The summed E-state index contributed by atoms with van der Waals surface area (Å²) in [4.78, 5) is 11.4. The van der Waals surface area contributed by atoms with E-state index in [2.05, 4.69) is 19.9 Å². The molecule has 0 heterocycles. The Balaban J connectivity index is 2.21. The zero-order valence-corrected chi connectivity index (χ0v) is 15.5. The Bertz CT molecular complexity index is 644. The number of aldehydes is 1. The predicted octanol–water partition coefficient (Wildman–Crippen LogP) is 2.95. The van der Waals surface area contributed by atoms with E-state index in [0.717, 1.165) is 37.5 Å². The maximum atomic E-state index is 11.4. The number of ether oxygens (including phenoxy) is 1. The molecule has 0 spiro atoms. The van der Waals surface area contributed by atoms with E-state index in [0.29, 0.717) is 6.42 Å². The van der Waals surface area contributed by atoms with Gasteiger partial charge in [-0.1, -0.05) is 31.6 Å². The van der Waals surface area contributed by atoms with Gasteiger partial charge in [-0.15, -0.1) is 0 Å². The Kier molecular flexibility index (Phi) is 5.06. The first kappa shape index (κ1) is 18.6. The number of aliphatic hydroxyl groups is 2. The number of fused-ring (bicyclic) bond motifs is 3. The van der Waals surface area contributed by atoms with Crippen LogP contribution in [0, 0.1) is 16.7 Å². The Hall–Kier alpha value is -1.23. The van der Waals surface area contributed by atoms with Crippen LogP contribution in [0.3, 0.4) is 0 Å². The molecule has 4 atom stereocenters. The molecule has 0 aromatic carbocycles. The van der Waals surface area contributed by atoms with Gasteiger partial charge in [0.1, 0.15) is 6.29 Å². The van der Waals surface area contributed by atoms with Gasteiger partial charge < -0.3 is 14.9 Å². The number of carbonyl (C=O) groups is 1. The number of aliphatic hydroxyl groups excluding tert-OH is 2. The van der Waals surface area contributed by atoms with Gasteiger partial charge in [-0.25, -0.2) is 0 Å². The monoisotopic (exact) mass is 346 g/mol. The second-order valence-electron chi connectivity index (χ2n) is 8.21. The molecule has 0 amide bonds. The minimum absolute atomic E-state index is 0.0619. The van der Waals surface area contributed by atoms with Gasteiger partial charge in [-0.3, -0.25) is 4.79 Å². The summed E-state index contributed by atoms with van der Waals surface area (Å²) in [6.45, 7) is 4.54. The lowest BCUT2D eigenvalue weighted by Gasteiger charge is -2.49.